The van der Waals surface area contributed by atoms with Crippen LogP contribution in [0.3, 0.4) is 0 Å². The molecule has 0 atom stereocenters. The molecule has 7 nitrogen and oxygen atoms in total. The zero-order valence-corrected chi connectivity index (χ0v) is 15.1. The molecule has 134 valence electrons. The predicted octanol–water partition coefficient (Wildman–Crippen LogP) is 3.90. The van der Waals surface area contributed by atoms with Crippen molar-refractivity contribution < 1.29 is 9.47 Å². The summed E-state index contributed by atoms with van der Waals surface area (Å²) in [6.07, 6.45) is 1.53. The smallest absolute Gasteiger partial charge is 0.244 e. The number of anilines is 3. The Morgan fingerprint density at radius 1 is 1.04 bits per heavy atom. The molecule has 0 saturated carbocycles. The number of rotatable bonds is 7. The van der Waals surface area contributed by atoms with Crippen molar-refractivity contribution in [2.24, 2.45) is 0 Å². The normalized spacial score (nSPS) is 10.3. The van der Waals surface area contributed by atoms with Crippen LogP contribution >= 0.6 is 11.6 Å². The molecular formula is C18H18ClN5O2. The maximum atomic E-state index is 6.14. The topological polar surface area (TPSA) is 81.2 Å². The van der Waals surface area contributed by atoms with Gasteiger partial charge in [0.2, 0.25) is 5.95 Å². The largest absolute Gasteiger partial charge is 0.496 e. The molecule has 1 heterocycles. The van der Waals surface area contributed by atoms with Crippen LogP contribution in [0.15, 0.2) is 48.7 Å². The highest BCUT2D eigenvalue weighted by atomic mass is 35.5. The molecule has 0 fully saturated rings. The van der Waals surface area contributed by atoms with Crippen molar-refractivity contribution in [3.8, 4) is 11.5 Å². The SMILES string of the molecule is COc1ccc(Nc2cnnc(NCc3ccccc3OC)n2)cc1Cl. The van der Waals surface area contributed by atoms with Gasteiger partial charge in [-0.05, 0) is 24.3 Å². The summed E-state index contributed by atoms with van der Waals surface area (Å²) >= 11 is 6.14. The second kappa shape index (κ2) is 8.35. The number of nitrogens with zero attached hydrogens (tertiary/aromatic N) is 3. The lowest BCUT2D eigenvalue weighted by Crippen LogP contribution is -2.07. The molecule has 3 aromatic rings. The summed E-state index contributed by atoms with van der Waals surface area (Å²) in [7, 11) is 3.21. The minimum atomic E-state index is 0.403. The minimum absolute atomic E-state index is 0.403. The van der Waals surface area contributed by atoms with Crippen molar-refractivity contribution in [2.75, 3.05) is 24.9 Å². The Kier molecular flexibility index (Phi) is 5.70. The quantitative estimate of drug-likeness (QED) is 0.651. The molecule has 0 radical (unpaired) electrons. The van der Waals surface area contributed by atoms with Gasteiger partial charge in [0.15, 0.2) is 5.82 Å². The van der Waals surface area contributed by atoms with Gasteiger partial charge in [-0.15, -0.1) is 5.10 Å². The lowest BCUT2D eigenvalue weighted by Gasteiger charge is -2.11. The summed E-state index contributed by atoms with van der Waals surface area (Å²) in [5, 5.41) is 14.8. The van der Waals surface area contributed by atoms with Gasteiger partial charge < -0.3 is 20.1 Å². The lowest BCUT2D eigenvalue weighted by atomic mass is 10.2. The number of hydrogen-bond donors (Lipinski definition) is 2. The maximum Gasteiger partial charge on any atom is 0.244 e. The second-order valence-corrected chi connectivity index (χ2v) is 5.71. The van der Waals surface area contributed by atoms with E-state index in [9.17, 15) is 0 Å². The van der Waals surface area contributed by atoms with Gasteiger partial charge in [0.25, 0.3) is 0 Å². The third-order valence-electron chi connectivity index (χ3n) is 3.61. The van der Waals surface area contributed by atoms with Gasteiger partial charge in [0, 0.05) is 17.8 Å². The summed E-state index contributed by atoms with van der Waals surface area (Å²) in [6.45, 7) is 0.517. The van der Waals surface area contributed by atoms with Crippen molar-refractivity contribution in [3.63, 3.8) is 0 Å². The van der Waals surface area contributed by atoms with Crippen LogP contribution in [-0.4, -0.2) is 29.4 Å². The first-order valence-electron chi connectivity index (χ1n) is 7.85. The van der Waals surface area contributed by atoms with Gasteiger partial charge >= 0.3 is 0 Å². The van der Waals surface area contributed by atoms with Crippen molar-refractivity contribution in [1.82, 2.24) is 15.2 Å². The Hall–Kier alpha value is -3.06. The standard InChI is InChI=1S/C18H18ClN5O2/c1-25-15-6-4-3-5-12(15)10-20-18-23-17(11-21-24-18)22-13-7-8-16(26-2)14(19)9-13/h3-9,11H,10H2,1-2H3,(H2,20,22,23,24). The molecule has 0 aliphatic carbocycles. The van der Waals surface area contributed by atoms with E-state index >= 15 is 0 Å². The summed E-state index contributed by atoms with van der Waals surface area (Å²) in [5.41, 5.74) is 1.77. The predicted molar refractivity (Wildman–Crippen MR) is 101 cm³/mol. The first-order chi connectivity index (χ1) is 12.7. The zero-order valence-electron chi connectivity index (χ0n) is 14.4. The number of aromatic nitrogens is 3. The Labute approximate surface area is 156 Å². The molecule has 8 heteroatoms. The fraction of sp³-hybridized carbons (Fsp3) is 0.167. The van der Waals surface area contributed by atoms with Gasteiger partial charge in [0.05, 0.1) is 25.4 Å². The van der Waals surface area contributed by atoms with Gasteiger partial charge in [-0.3, -0.25) is 0 Å². The van der Waals surface area contributed by atoms with Gasteiger partial charge in [-0.2, -0.15) is 10.1 Å². The van der Waals surface area contributed by atoms with Crippen molar-refractivity contribution in [1.29, 1.82) is 0 Å². The monoisotopic (exact) mass is 371 g/mol. The fourth-order valence-corrected chi connectivity index (χ4v) is 2.61. The maximum absolute atomic E-state index is 6.14. The van der Waals surface area contributed by atoms with Crippen LogP contribution in [0, 0.1) is 0 Å². The number of benzene rings is 2. The molecule has 26 heavy (non-hydrogen) atoms. The second-order valence-electron chi connectivity index (χ2n) is 5.30. The summed E-state index contributed by atoms with van der Waals surface area (Å²) in [4.78, 5) is 4.40. The van der Waals surface area contributed by atoms with E-state index in [0.29, 0.717) is 29.1 Å². The molecule has 0 bridgehead atoms. The van der Waals surface area contributed by atoms with Crippen LogP contribution in [0.1, 0.15) is 5.56 Å². The molecule has 1 aromatic heterocycles. The highest BCUT2D eigenvalue weighted by molar-refractivity contribution is 6.32. The van der Waals surface area contributed by atoms with Crippen molar-refractivity contribution >= 4 is 29.1 Å². The summed E-state index contributed by atoms with van der Waals surface area (Å²) in [5.74, 6) is 2.36. The van der Waals surface area contributed by atoms with E-state index in [2.05, 4.69) is 25.8 Å². The molecular weight excluding hydrogens is 354 g/mol. The van der Waals surface area contributed by atoms with Gasteiger partial charge in [0.1, 0.15) is 11.5 Å². The minimum Gasteiger partial charge on any atom is -0.496 e. The third-order valence-corrected chi connectivity index (χ3v) is 3.91. The zero-order chi connectivity index (χ0) is 18.4. The molecule has 0 amide bonds. The van der Waals surface area contributed by atoms with E-state index in [1.165, 1.54) is 6.20 Å². The molecule has 0 unspecified atom stereocenters. The molecule has 2 aromatic carbocycles. The average Bonchev–Trinajstić information content (AvgIpc) is 2.67. The molecule has 0 aliphatic heterocycles. The van der Waals surface area contributed by atoms with Gasteiger partial charge in [-0.25, -0.2) is 0 Å². The van der Waals surface area contributed by atoms with E-state index in [-0.39, 0.29) is 0 Å². The Balaban J connectivity index is 1.69. The summed E-state index contributed by atoms with van der Waals surface area (Å²) in [6, 6.07) is 13.1. The van der Waals surface area contributed by atoms with Crippen LogP contribution in [-0.2, 0) is 6.54 Å². The van der Waals surface area contributed by atoms with Crippen LogP contribution < -0.4 is 20.1 Å². The number of ether oxygens (including phenoxy) is 2. The molecule has 3 rings (SSSR count). The van der Waals surface area contributed by atoms with Gasteiger partial charge in [-0.1, -0.05) is 29.8 Å². The number of hydrogen-bond acceptors (Lipinski definition) is 7. The number of halogens is 1. The highest BCUT2D eigenvalue weighted by Crippen LogP contribution is 2.28. The highest BCUT2D eigenvalue weighted by Gasteiger charge is 2.06. The fourth-order valence-electron chi connectivity index (χ4n) is 2.35. The Morgan fingerprint density at radius 2 is 1.85 bits per heavy atom. The van der Waals surface area contributed by atoms with Crippen LogP contribution in [0.5, 0.6) is 11.5 Å². The number of para-hydroxylation sites is 1. The van der Waals surface area contributed by atoms with E-state index in [0.717, 1.165) is 17.0 Å². The average molecular weight is 372 g/mol. The molecule has 2 N–H and O–H groups in total. The van der Waals surface area contributed by atoms with E-state index < -0.39 is 0 Å². The molecule has 0 aliphatic rings. The molecule has 0 saturated heterocycles. The Morgan fingerprint density at radius 3 is 2.62 bits per heavy atom. The third kappa shape index (κ3) is 4.31. The van der Waals surface area contributed by atoms with E-state index in [1.54, 1.807) is 26.4 Å². The Bertz CT molecular complexity index is 891. The first-order valence-corrected chi connectivity index (χ1v) is 8.23. The van der Waals surface area contributed by atoms with Crippen LogP contribution in [0.4, 0.5) is 17.5 Å². The first kappa shape index (κ1) is 17.8. The van der Waals surface area contributed by atoms with Crippen LogP contribution in [0.25, 0.3) is 0 Å². The van der Waals surface area contributed by atoms with Crippen molar-refractivity contribution in [2.45, 2.75) is 6.54 Å². The van der Waals surface area contributed by atoms with Crippen molar-refractivity contribution in [3.05, 3.63) is 59.2 Å². The summed E-state index contributed by atoms with van der Waals surface area (Å²) < 4.78 is 10.5. The molecule has 0 spiro atoms. The van der Waals surface area contributed by atoms with Crippen LogP contribution in [0.2, 0.25) is 5.02 Å². The number of nitrogens with one attached hydrogen (secondary N) is 2. The lowest BCUT2D eigenvalue weighted by molar-refractivity contribution is 0.410. The van der Waals surface area contributed by atoms with E-state index in [1.807, 2.05) is 30.3 Å². The number of methoxy groups -OCH3 is 2. The van der Waals surface area contributed by atoms with E-state index in [4.69, 9.17) is 21.1 Å².